The molecule has 1 N–H and O–H groups in total. The largest absolute Gasteiger partial charge is 0.342 e. The third kappa shape index (κ3) is 3.12. The zero-order valence-corrected chi connectivity index (χ0v) is 6.64. The van der Waals surface area contributed by atoms with Crippen LogP contribution in [0.5, 0.6) is 0 Å². The SMILES string of the molecule is N#CC(=O)N/N=C/c1ccncc1. The summed E-state index contributed by atoms with van der Waals surface area (Å²) >= 11 is 0. The van der Waals surface area contributed by atoms with E-state index in [0.717, 1.165) is 5.56 Å². The molecule has 5 heteroatoms. The average Bonchev–Trinajstić information content (AvgIpc) is 2.19. The summed E-state index contributed by atoms with van der Waals surface area (Å²) in [6.45, 7) is 0. The molecule has 64 valence electrons. The van der Waals surface area contributed by atoms with Gasteiger partial charge in [0.2, 0.25) is 0 Å². The summed E-state index contributed by atoms with van der Waals surface area (Å²) in [6.07, 6.45) is 4.64. The van der Waals surface area contributed by atoms with Gasteiger partial charge in [0.25, 0.3) is 0 Å². The van der Waals surface area contributed by atoms with Crippen LogP contribution in [-0.4, -0.2) is 17.1 Å². The Morgan fingerprint density at radius 2 is 2.31 bits per heavy atom. The summed E-state index contributed by atoms with van der Waals surface area (Å²) in [5.74, 6) is -0.787. The van der Waals surface area contributed by atoms with Gasteiger partial charge >= 0.3 is 5.91 Å². The molecule has 0 aromatic carbocycles. The highest BCUT2D eigenvalue weighted by Gasteiger charge is 1.91. The molecule has 0 spiro atoms. The standard InChI is InChI=1S/C8H6N4O/c9-5-8(13)12-11-6-7-1-3-10-4-2-7/h1-4,6H,(H,12,13)/b11-6+. The highest BCUT2D eigenvalue weighted by molar-refractivity contribution is 5.92. The lowest BCUT2D eigenvalue weighted by Crippen LogP contribution is -2.14. The minimum atomic E-state index is -0.787. The summed E-state index contributed by atoms with van der Waals surface area (Å²) in [4.78, 5) is 14.2. The van der Waals surface area contributed by atoms with Crippen molar-refractivity contribution in [3.05, 3.63) is 30.1 Å². The number of rotatable bonds is 2. The monoisotopic (exact) mass is 174 g/mol. The van der Waals surface area contributed by atoms with Crippen molar-refractivity contribution in [1.82, 2.24) is 10.4 Å². The first-order valence-electron chi connectivity index (χ1n) is 3.46. The summed E-state index contributed by atoms with van der Waals surface area (Å²) < 4.78 is 0. The number of carbonyl (C=O) groups excluding carboxylic acids is 1. The molecule has 13 heavy (non-hydrogen) atoms. The van der Waals surface area contributed by atoms with E-state index < -0.39 is 5.91 Å². The molecule has 1 rings (SSSR count). The van der Waals surface area contributed by atoms with Crippen molar-refractivity contribution >= 4 is 12.1 Å². The maximum atomic E-state index is 10.4. The minimum absolute atomic E-state index is 0.787. The number of carbonyl (C=O) groups is 1. The Kier molecular flexibility index (Phi) is 3.15. The van der Waals surface area contributed by atoms with Crippen LogP contribution in [0, 0.1) is 11.3 Å². The third-order valence-electron chi connectivity index (χ3n) is 1.19. The Morgan fingerprint density at radius 3 is 2.92 bits per heavy atom. The number of hydrazone groups is 1. The fraction of sp³-hybridized carbons (Fsp3) is 0. The number of nitrogens with zero attached hydrogens (tertiary/aromatic N) is 3. The van der Waals surface area contributed by atoms with Gasteiger partial charge < -0.3 is 0 Å². The van der Waals surface area contributed by atoms with Crippen LogP contribution in [0.4, 0.5) is 0 Å². The number of aromatic nitrogens is 1. The van der Waals surface area contributed by atoms with E-state index in [-0.39, 0.29) is 0 Å². The summed E-state index contributed by atoms with van der Waals surface area (Å²) in [7, 11) is 0. The van der Waals surface area contributed by atoms with E-state index in [2.05, 4.69) is 10.1 Å². The van der Waals surface area contributed by atoms with Gasteiger partial charge in [-0.1, -0.05) is 0 Å². The van der Waals surface area contributed by atoms with Crippen LogP contribution in [0.2, 0.25) is 0 Å². The van der Waals surface area contributed by atoms with Gasteiger partial charge in [0.05, 0.1) is 6.21 Å². The molecule has 0 saturated carbocycles. The van der Waals surface area contributed by atoms with Gasteiger partial charge in [-0.05, 0) is 17.7 Å². The fourth-order valence-corrected chi connectivity index (χ4v) is 0.640. The van der Waals surface area contributed by atoms with Gasteiger partial charge in [-0.2, -0.15) is 10.4 Å². The van der Waals surface area contributed by atoms with Gasteiger partial charge in [0, 0.05) is 12.4 Å². The van der Waals surface area contributed by atoms with Gasteiger partial charge in [-0.25, -0.2) is 5.43 Å². The van der Waals surface area contributed by atoms with Crippen molar-refractivity contribution in [3.63, 3.8) is 0 Å². The molecule has 1 aromatic heterocycles. The predicted molar refractivity (Wildman–Crippen MR) is 45.6 cm³/mol. The van der Waals surface area contributed by atoms with E-state index in [1.54, 1.807) is 24.5 Å². The molecule has 0 unspecified atom stereocenters. The predicted octanol–water partition coefficient (Wildman–Crippen LogP) is 0.0553. The normalized spacial score (nSPS) is 9.46. The van der Waals surface area contributed by atoms with Crippen LogP contribution >= 0.6 is 0 Å². The van der Waals surface area contributed by atoms with Gasteiger partial charge in [-0.15, -0.1) is 0 Å². The topological polar surface area (TPSA) is 78.1 Å². The molecule has 0 aliphatic carbocycles. The molecule has 0 fully saturated rings. The maximum Gasteiger partial charge on any atom is 0.342 e. The summed E-state index contributed by atoms with van der Waals surface area (Å²) in [5.41, 5.74) is 2.83. The molecule has 1 heterocycles. The first-order valence-corrected chi connectivity index (χ1v) is 3.46. The average molecular weight is 174 g/mol. The van der Waals surface area contributed by atoms with Crippen LogP contribution < -0.4 is 5.43 Å². The smallest absolute Gasteiger partial charge is 0.265 e. The van der Waals surface area contributed by atoms with Crippen molar-refractivity contribution < 1.29 is 4.79 Å². The molecule has 5 nitrogen and oxygen atoms in total. The molecule has 1 amide bonds. The summed E-state index contributed by atoms with van der Waals surface area (Å²) in [5, 5.41) is 11.6. The minimum Gasteiger partial charge on any atom is -0.265 e. The van der Waals surface area contributed by atoms with Crippen LogP contribution in [0.25, 0.3) is 0 Å². The van der Waals surface area contributed by atoms with Crippen LogP contribution in [0.15, 0.2) is 29.6 Å². The lowest BCUT2D eigenvalue weighted by molar-refractivity contribution is -0.115. The Bertz CT molecular complexity index is 352. The van der Waals surface area contributed by atoms with Crippen molar-refractivity contribution in [1.29, 1.82) is 5.26 Å². The molecule has 0 aliphatic rings. The molecule has 0 radical (unpaired) electrons. The highest BCUT2D eigenvalue weighted by atomic mass is 16.2. The Labute approximate surface area is 74.7 Å². The molecule has 0 aliphatic heterocycles. The number of amides is 1. The third-order valence-corrected chi connectivity index (χ3v) is 1.19. The fourth-order valence-electron chi connectivity index (χ4n) is 0.640. The second kappa shape index (κ2) is 4.62. The Morgan fingerprint density at radius 1 is 1.62 bits per heavy atom. The Hall–Kier alpha value is -2.22. The van der Waals surface area contributed by atoms with Crippen LogP contribution in [0.1, 0.15) is 5.56 Å². The van der Waals surface area contributed by atoms with E-state index in [1.165, 1.54) is 12.3 Å². The van der Waals surface area contributed by atoms with E-state index in [9.17, 15) is 4.79 Å². The van der Waals surface area contributed by atoms with Crippen LogP contribution in [0.3, 0.4) is 0 Å². The maximum absolute atomic E-state index is 10.4. The van der Waals surface area contributed by atoms with Crippen LogP contribution in [-0.2, 0) is 4.79 Å². The molecule has 0 saturated heterocycles. The number of hydrogen-bond acceptors (Lipinski definition) is 4. The van der Waals surface area contributed by atoms with E-state index in [4.69, 9.17) is 5.26 Å². The van der Waals surface area contributed by atoms with Crippen molar-refractivity contribution in [3.8, 4) is 6.07 Å². The number of nitrogens with one attached hydrogen (secondary N) is 1. The molecular formula is C8H6N4O. The number of pyridine rings is 1. The van der Waals surface area contributed by atoms with E-state index in [0.29, 0.717) is 0 Å². The van der Waals surface area contributed by atoms with Crippen molar-refractivity contribution in [2.75, 3.05) is 0 Å². The molecule has 1 aromatic rings. The lowest BCUT2D eigenvalue weighted by Gasteiger charge is -1.90. The number of nitriles is 1. The van der Waals surface area contributed by atoms with Gasteiger partial charge in [0.1, 0.15) is 0 Å². The Balaban J connectivity index is 2.51. The zero-order chi connectivity index (χ0) is 9.52. The summed E-state index contributed by atoms with van der Waals surface area (Å²) in [6, 6.07) is 4.82. The van der Waals surface area contributed by atoms with Gasteiger partial charge in [-0.3, -0.25) is 9.78 Å². The second-order valence-corrected chi connectivity index (χ2v) is 2.09. The van der Waals surface area contributed by atoms with Crippen molar-refractivity contribution in [2.45, 2.75) is 0 Å². The van der Waals surface area contributed by atoms with E-state index in [1.807, 2.05) is 5.43 Å². The van der Waals surface area contributed by atoms with Crippen molar-refractivity contribution in [2.24, 2.45) is 5.10 Å². The van der Waals surface area contributed by atoms with E-state index >= 15 is 0 Å². The zero-order valence-electron chi connectivity index (χ0n) is 6.64. The molecule has 0 atom stereocenters. The highest BCUT2D eigenvalue weighted by Crippen LogP contribution is 1.89. The number of hydrogen-bond donors (Lipinski definition) is 1. The second-order valence-electron chi connectivity index (χ2n) is 2.09. The first kappa shape index (κ1) is 8.87. The van der Waals surface area contributed by atoms with Gasteiger partial charge in [0.15, 0.2) is 6.07 Å². The quantitative estimate of drug-likeness (QED) is 0.391. The molecular weight excluding hydrogens is 168 g/mol. The lowest BCUT2D eigenvalue weighted by atomic mass is 10.3. The first-order chi connectivity index (χ1) is 6.33. The molecule has 0 bridgehead atoms.